The molecule has 1 aromatic carbocycles. The molecule has 4 heteroatoms. The Kier molecular flexibility index (Phi) is 3.71. The summed E-state index contributed by atoms with van der Waals surface area (Å²) in [5.41, 5.74) is 4.93. The van der Waals surface area contributed by atoms with Gasteiger partial charge in [-0.1, -0.05) is 18.2 Å². The summed E-state index contributed by atoms with van der Waals surface area (Å²) >= 11 is 0. The van der Waals surface area contributed by atoms with Crippen LogP contribution in [0.5, 0.6) is 0 Å². The molecule has 2 heterocycles. The van der Waals surface area contributed by atoms with Crippen LogP contribution in [0.15, 0.2) is 36.7 Å². The van der Waals surface area contributed by atoms with Gasteiger partial charge in [0, 0.05) is 32.0 Å². The smallest absolute Gasteiger partial charge is 0.335 e. The number of carbonyl (C=O) groups is 1. The average molecular weight is 282 g/mol. The van der Waals surface area contributed by atoms with Gasteiger partial charge in [0.25, 0.3) is 0 Å². The number of carboxylic acids is 1. The van der Waals surface area contributed by atoms with Crippen LogP contribution in [0.2, 0.25) is 0 Å². The molecular formula is C17H18N2O2. The van der Waals surface area contributed by atoms with E-state index in [-0.39, 0.29) is 0 Å². The lowest BCUT2D eigenvalue weighted by atomic mass is 9.94. The molecule has 0 saturated carbocycles. The van der Waals surface area contributed by atoms with Crippen molar-refractivity contribution < 1.29 is 9.90 Å². The van der Waals surface area contributed by atoms with E-state index in [9.17, 15) is 9.90 Å². The molecule has 0 aliphatic carbocycles. The summed E-state index contributed by atoms with van der Waals surface area (Å²) in [6, 6.07) is 7.71. The molecule has 21 heavy (non-hydrogen) atoms. The number of aromatic nitrogens is 1. The number of carboxylic acid groups (broad SMARTS) is 1. The van der Waals surface area contributed by atoms with E-state index in [1.807, 2.05) is 31.5 Å². The van der Waals surface area contributed by atoms with Gasteiger partial charge in [0.2, 0.25) is 0 Å². The molecule has 3 rings (SSSR count). The molecule has 0 radical (unpaired) electrons. The Balaban J connectivity index is 1.79. The highest BCUT2D eigenvalue weighted by Crippen LogP contribution is 2.23. The van der Waals surface area contributed by atoms with Gasteiger partial charge >= 0.3 is 5.97 Å². The number of aromatic carboxylic acids is 1. The second-order valence-corrected chi connectivity index (χ2v) is 5.58. The van der Waals surface area contributed by atoms with Gasteiger partial charge in [-0.3, -0.25) is 9.88 Å². The first-order valence-electron chi connectivity index (χ1n) is 7.10. The number of pyridine rings is 1. The van der Waals surface area contributed by atoms with Gasteiger partial charge in [0.1, 0.15) is 0 Å². The summed E-state index contributed by atoms with van der Waals surface area (Å²) in [5.74, 6) is -0.830. The van der Waals surface area contributed by atoms with Crippen LogP contribution in [0.4, 0.5) is 0 Å². The van der Waals surface area contributed by atoms with Crippen LogP contribution in [-0.4, -0.2) is 27.5 Å². The molecule has 1 N–H and O–H groups in total. The number of fused-ring (bicyclic) bond motifs is 1. The molecule has 0 amide bonds. The zero-order chi connectivity index (χ0) is 14.8. The van der Waals surface area contributed by atoms with E-state index in [4.69, 9.17) is 0 Å². The number of nitrogens with zero attached hydrogens (tertiary/aromatic N) is 2. The zero-order valence-corrected chi connectivity index (χ0v) is 12.0. The fourth-order valence-electron chi connectivity index (χ4n) is 2.97. The normalized spacial score (nSPS) is 14.7. The molecule has 0 saturated heterocycles. The molecular weight excluding hydrogens is 264 g/mol. The first-order valence-corrected chi connectivity index (χ1v) is 7.10. The Morgan fingerprint density at radius 2 is 2.24 bits per heavy atom. The SMILES string of the molecule is Cc1cncc(CN2CCc3c(cccc3C(=O)O)C2)c1. The van der Waals surface area contributed by atoms with Crippen molar-refractivity contribution >= 4 is 5.97 Å². The third kappa shape index (κ3) is 2.95. The van der Waals surface area contributed by atoms with E-state index in [1.165, 1.54) is 5.56 Å². The lowest BCUT2D eigenvalue weighted by Gasteiger charge is -2.29. The summed E-state index contributed by atoms with van der Waals surface area (Å²) in [6.07, 6.45) is 4.54. The fourth-order valence-corrected chi connectivity index (χ4v) is 2.97. The minimum atomic E-state index is -0.830. The Labute approximate surface area is 124 Å². The van der Waals surface area contributed by atoms with Crippen LogP contribution in [0.3, 0.4) is 0 Å². The van der Waals surface area contributed by atoms with Gasteiger partial charge < -0.3 is 5.11 Å². The van der Waals surface area contributed by atoms with Crippen molar-refractivity contribution in [2.24, 2.45) is 0 Å². The topological polar surface area (TPSA) is 53.4 Å². The predicted molar refractivity (Wildman–Crippen MR) is 80.2 cm³/mol. The molecule has 0 atom stereocenters. The molecule has 0 unspecified atom stereocenters. The maximum Gasteiger partial charge on any atom is 0.335 e. The van der Waals surface area contributed by atoms with E-state index in [0.717, 1.165) is 42.7 Å². The van der Waals surface area contributed by atoms with Gasteiger partial charge in [-0.15, -0.1) is 0 Å². The molecule has 1 aromatic heterocycles. The quantitative estimate of drug-likeness (QED) is 0.940. The van der Waals surface area contributed by atoms with Gasteiger partial charge in [-0.2, -0.15) is 0 Å². The van der Waals surface area contributed by atoms with E-state index < -0.39 is 5.97 Å². The van der Waals surface area contributed by atoms with Crippen molar-refractivity contribution in [2.75, 3.05) is 6.54 Å². The first kappa shape index (κ1) is 13.8. The first-order chi connectivity index (χ1) is 10.1. The van der Waals surface area contributed by atoms with E-state index >= 15 is 0 Å². The van der Waals surface area contributed by atoms with Crippen molar-refractivity contribution in [3.05, 3.63) is 64.5 Å². The number of hydrogen-bond donors (Lipinski definition) is 1. The molecule has 0 fully saturated rings. The molecule has 0 spiro atoms. The van der Waals surface area contributed by atoms with Gasteiger partial charge in [-0.25, -0.2) is 4.79 Å². The molecule has 0 bridgehead atoms. The number of rotatable bonds is 3. The third-order valence-electron chi connectivity index (χ3n) is 3.91. The summed E-state index contributed by atoms with van der Waals surface area (Å²) in [7, 11) is 0. The Morgan fingerprint density at radius 1 is 1.38 bits per heavy atom. The summed E-state index contributed by atoms with van der Waals surface area (Å²) in [4.78, 5) is 17.8. The molecule has 2 aromatic rings. The van der Waals surface area contributed by atoms with Gasteiger partial charge in [0.15, 0.2) is 0 Å². The molecule has 4 nitrogen and oxygen atoms in total. The zero-order valence-electron chi connectivity index (χ0n) is 12.0. The number of benzene rings is 1. The van der Waals surface area contributed by atoms with Crippen LogP contribution in [0.1, 0.15) is 32.6 Å². The second-order valence-electron chi connectivity index (χ2n) is 5.58. The third-order valence-corrected chi connectivity index (χ3v) is 3.91. The Bertz CT molecular complexity index is 682. The monoisotopic (exact) mass is 282 g/mol. The van der Waals surface area contributed by atoms with Crippen molar-refractivity contribution in [3.8, 4) is 0 Å². The van der Waals surface area contributed by atoms with Crippen molar-refractivity contribution in [1.29, 1.82) is 0 Å². The van der Waals surface area contributed by atoms with Gasteiger partial charge in [0.05, 0.1) is 5.56 Å². The van der Waals surface area contributed by atoms with Crippen LogP contribution < -0.4 is 0 Å². The van der Waals surface area contributed by atoms with E-state index in [0.29, 0.717) is 5.56 Å². The highest BCUT2D eigenvalue weighted by Gasteiger charge is 2.21. The second kappa shape index (κ2) is 5.66. The lowest BCUT2D eigenvalue weighted by molar-refractivity contribution is 0.0694. The fraction of sp³-hybridized carbons (Fsp3) is 0.294. The van der Waals surface area contributed by atoms with Crippen LogP contribution in [0, 0.1) is 6.92 Å². The maximum atomic E-state index is 11.3. The molecule has 108 valence electrons. The lowest BCUT2D eigenvalue weighted by Crippen LogP contribution is -2.31. The summed E-state index contributed by atoms with van der Waals surface area (Å²) in [5, 5.41) is 9.25. The summed E-state index contributed by atoms with van der Waals surface area (Å²) in [6.45, 7) is 4.57. The van der Waals surface area contributed by atoms with Crippen LogP contribution in [0.25, 0.3) is 0 Å². The van der Waals surface area contributed by atoms with E-state index in [1.54, 1.807) is 6.07 Å². The van der Waals surface area contributed by atoms with Crippen LogP contribution in [-0.2, 0) is 19.5 Å². The summed E-state index contributed by atoms with van der Waals surface area (Å²) < 4.78 is 0. The van der Waals surface area contributed by atoms with Crippen LogP contribution >= 0.6 is 0 Å². The molecule has 1 aliphatic heterocycles. The maximum absolute atomic E-state index is 11.3. The van der Waals surface area contributed by atoms with E-state index in [2.05, 4.69) is 16.0 Å². The Hall–Kier alpha value is -2.20. The highest BCUT2D eigenvalue weighted by molar-refractivity contribution is 5.89. The largest absolute Gasteiger partial charge is 0.478 e. The van der Waals surface area contributed by atoms with Crippen molar-refractivity contribution in [3.63, 3.8) is 0 Å². The van der Waals surface area contributed by atoms with Crippen molar-refractivity contribution in [2.45, 2.75) is 26.4 Å². The number of hydrogen-bond acceptors (Lipinski definition) is 3. The predicted octanol–water partition coefficient (Wildman–Crippen LogP) is 2.65. The van der Waals surface area contributed by atoms with Gasteiger partial charge in [-0.05, 0) is 41.7 Å². The number of aryl methyl sites for hydroxylation is 1. The standard InChI is InChI=1S/C17H18N2O2/c1-12-7-13(9-18-8-12)10-19-6-5-15-14(11-19)3-2-4-16(15)17(20)21/h2-4,7-9H,5-6,10-11H2,1H3,(H,20,21). The minimum Gasteiger partial charge on any atom is -0.478 e. The average Bonchev–Trinajstić information content (AvgIpc) is 2.46. The highest BCUT2D eigenvalue weighted by atomic mass is 16.4. The molecule has 1 aliphatic rings. The minimum absolute atomic E-state index is 0.448. The van der Waals surface area contributed by atoms with Crippen molar-refractivity contribution in [1.82, 2.24) is 9.88 Å². The Morgan fingerprint density at radius 3 is 3.00 bits per heavy atom.